The van der Waals surface area contributed by atoms with Crippen LogP contribution in [0.25, 0.3) is 0 Å². The van der Waals surface area contributed by atoms with Crippen molar-refractivity contribution in [3.05, 3.63) is 41.7 Å². The minimum atomic E-state index is -0.980. The number of aliphatic hydroxyl groups is 3. The number of hydrogen-bond donors (Lipinski definition) is 5. The Morgan fingerprint density at radius 1 is 1.38 bits per heavy atom. The normalized spacial score (nSPS) is 22.2. The molecule has 0 bridgehead atoms. The first-order valence-corrected chi connectivity index (χ1v) is 7.90. The fourth-order valence-corrected chi connectivity index (χ4v) is 2.19. The summed E-state index contributed by atoms with van der Waals surface area (Å²) in [4.78, 5) is 10.7. The first kappa shape index (κ1) is 19.8. The molecule has 1 aromatic heterocycles. The van der Waals surface area contributed by atoms with Gasteiger partial charge in [0.25, 0.3) is 0 Å². The minimum Gasteiger partial charge on any atom is -0.487 e. The standard InChI is InChI=1S/C10H9N3O3.C6H12O4/c14-10(15)7-2-1-3-9(4-7)16-6-8-5-11-13-12-8;7-3-5-6(9)4(8)1-2-10-5/h1-5H,6H2,(H,14,15)(H,11,12,13);4-9H,1-3H2. The van der Waals surface area contributed by atoms with Gasteiger partial charge in [0.2, 0.25) is 0 Å². The Balaban J connectivity index is 0.000000209. The zero-order valence-corrected chi connectivity index (χ0v) is 13.9. The van der Waals surface area contributed by atoms with Crippen LogP contribution >= 0.6 is 0 Å². The van der Waals surface area contributed by atoms with E-state index in [2.05, 4.69) is 15.4 Å². The fraction of sp³-hybridized carbons (Fsp3) is 0.438. The van der Waals surface area contributed by atoms with Gasteiger partial charge in [0, 0.05) is 6.61 Å². The van der Waals surface area contributed by atoms with Gasteiger partial charge in [-0.3, -0.25) is 0 Å². The summed E-state index contributed by atoms with van der Waals surface area (Å²) in [6.07, 6.45) is -0.299. The van der Waals surface area contributed by atoms with Crippen molar-refractivity contribution in [2.24, 2.45) is 0 Å². The van der Waals surface area contributed by atoms with Crippen LogP contribution in [0.15, 0.2) is 30.5 Å². The van der Waals surface area contributed by atoms with Crippen LogP contribution in [-0.4, -0.2) is 73.3 Å². The Hall–Kier alpha value is -2.53. The number of aliphatic hydroxyl groups excluding tert-OH is 3. The molecule has 3 atom stereocenters. The zero-order valence-electron chi connectivity index (χ0n) is 13.9. The number of ether oxygens (including phenoxy) is 2. The molecule has 0 radical (unpaired) electrons. The van der Waals surface area contributed by atoms with Crippen molar-refractivity contribution in [1.29, 1.82) is 0 Å². The van der Waals surface area contributed by atoms with Gasteiger partial charge in [-0.25, -0.2) is 4.79 Å². The predicted octanol–water partition coefficient (Wildman–Crippen LogP) is -0.429. The maximum Gasteiger partial charge on any atom is 0.335 e. The summed E-state index contributed by atoms with van der Waals surface area (Å²) in [6, 6.07) is 6.28. The van der Waals surface area contributed by atoms with Gasteiger partial charge < -0.3 is 29.9 Å². The van der Waals surface area contributed by atoms with Crippen molar-refractivity contribution in [3.63, 3.8) is 0 Å². The predicted molar refractivity (Wildman–Crippen MR) is 87.6 cm³/mol. The molecule has 3 unspecified atom stereocenters. The monoisotopic (exact) mass is 367 g/mol. The first-order valence-electron chi connectivity index (χ1n) is 7.90. The minimum absolute atomic E-state index is 0.192. The van der Waals surface area contributed by atoms with E-state index >= 15 is 0 Å². The highest BCUT2D eigenvalue weighted by Crippen LogP contribution is 2.15. The number of aromatic nitrogens is 3. The number of aromatic amines is 1. The van der Waals surface area contributed by atoms with Gasteiger partial charge in [0.05, 0.1) is 24.5 Å². The summed E-state index contributed by atoms with van der Waals surface area (Å²) in [7, 11) is 0. The summed E-state index contributed by atoms with van der Waals surface area (Å²) < 4.78 is 10.3. The summed E-state index contributed by atoms with van der Waals surface area (Å²) in [5, 5.41) is 45.4. The maximum absolute atomic E-state index is 10.7. The lowest BCUT2D eigenvalue weighted by Crippen LogP contribution is -2.46. The average Bonchev–Trinajstić information content (AvgIpc) is 3.17. The average molecular weight is 367 g/mol. The Morgan fingerprint density at radius 3 is 2.81 bits per heavy atom. The second-order valence-electron chi connectivity index (χ2n) is 5.52. The van der Waals surface area contributed by atoms with Crippen molar-refractivity contribution in [3.8, 4) is 5.75 Å². The molecule has 0 aliphatic carbocycles. The molecule has 26 heavy (non-hydrogen) atoms. The van der Waals surface area contributed by atoms with Crippen LogP contribution in [0, 0.1) is 0 Å². The van der Waals surface area contributed by atoms with Crippen LogP contribution in [0.4, 0.5) is 0 Å². The van der Waals surface area contributed by atoms with Gasteiger partial charge in [0.15, 0.2) is 0 Å². The number of benzene rings is 1. The van der Waals surface area contributed by atoms with Gasteiger partial charge in [-0.2, -0.15) is 15.4 Å². The van der Waals surface area contributed by atoms with Crippen LogP contribution in [-0.2, 0) is 11.3 Å². The van der Waals surface area contributed by atoms with Crippen LogP contribution in [0.2, 0.25) is 0 Å². The number of hydrogen-bond acceptors (Lipinski definition) is 8. The van der Waals surface area contributed by atoms with Crippen molar-refractivity contribution in [2.45, 2.75) is 31.3 Å². The van der Waals surface area contributed by atoms with Crippen molar-refractivity contribution < 1.29 is 34.7 Å². The number of carboxylic acids is 1. The van der Waals surface area contributed by atoms with E-state index in [-0.39, 0.29) is 18.8 Å². The van der Waals surface area contributed by atoms with Crippen molar-refractivity contribution in [2.75, 3.05) is 13.2 Å². The SMILES string of the molecule is O=C(O)c1cccc(OCc2cn[nH]n2)c1.OCC1OCCC(O)C1O. The summed E-state index contributed by atoms with van der Waals surface area (Å²) in [5.41, 5.74) is 0.846. The second kappa shape index (κ2) is 9.82. The number of aromatic carboxylic acids is 1. The molecule has 3 rings (SSSR count). The van der Waals surface area contributed by atoms with Gasteiger partial charge in [-0.1, -0.05) is 6.07 Å². The molecule has 2 aromatic rings. The molecule has 2 heterocycles. The zero-order chi connectivity index (χ0) is 18.9. The van der Waals surface area contributed by atoms with Crippen LogP contribution < -0.4 is 4.74 Å². The third kappa shape index (κ3) is 5.77. The Bertz CT molecular complexity index is 680. The molecule has 1 aliphatic heterocycles. The molecule has 10 heteroatoms. The fourth-order valence-electron chi connectivity index (χ4n) is 2.19. The number of carbonyl (C=O) groups is 1. The lowest BCUT2D eigenvalue weighted by Gasteiger charge is -2.30. The number of H-pyrrole nitrogens is 1. The lowest BCUT2D eigenvalue weighted by atomic mass is 10.0. The topological polar surface area (TPSA) is 158 Å². The molecule has 0 spiro atoms. The highest BCUT2D eigenvalue weighted by atomic mass is 16.5. The highest BCUT2D eigenvalue weighted by Gasteiger charge is 2.30. The van der Waals surface area contributed by atoms with E-state index < -0.39 is 24.3 Å². The third-order valence-corrected chi connectivity index (χ3v) is 3.63. The largest absolute Gasteiger partial charge is 0.487 e. The smallest absolute Gasteiger partial charge is 0.335 e. The van der Waals surface area contributed by atoms with Crippen LogP contribution in [0.1, 0.15) is 22.5 Å². The van der Waals surface area contributed by atoms with Gasteiger partial charge >= 0.3 is 5.97 Å². The molecule has 1 aliphatic rings. The van der Waals surface area contributed by atoms with Crippen molar-refractivity contribution >= 4 is 5.97 Å². The van der Waals surface area contributed by atoms with E-state index in [9.17, 15) is 4.79 Å². The molecule has 5 N–H and O–H groups in total. The molecule has 10 nitrogen and oxygen atoms in total. The Kier molecular flexibility index (Phi) is 7.48. The van der Waals surface area contributed by atoms with E-state index in [1.54, 1.807) is 18.3 Å². The number of carboxylic acid groups (broad SMARTS) is 1. The maximum atomic E-state index is 10.7. The van der Waals surface area contributed by atoms with Crippen molar-refractivity contribution in [1.82, 2.24) is 15.4 Å². The number of nitrogens with zero attached hydrogens (tertiary/aromatic N) is 2. The van der Waals surface area contributed by atoms with Gasteiger partial charge in [-0.15, -0.1) is 0 Å². The quantitative estimate of drug-likeness (QED) is 0.473. The molecule has 142 valence electrons. The lowest BCUT2D eigenvalue weighted by molar-refractivity contribution is -0.147. The summed E-state index contributed by atoms with van der Waals surface area (Å²) in [6.45, 7) is 0.418. The van der Waals surface area contributed by atoms with Gasteiger partial charge in [0.1, 0.15) is 30.3 Å². The van der Waals surface area contributed by atoms with Gasteiger partial charge in [-0.05, 0) is 24.6 Å². The van der Waals surface area contributed by atoms with E-state index in [0.717, 1.165) is 0 Å². The molecular formula is C16H21N3O7. The van der Waals surface area contributed by atoms with E-state index in [1.807, 2.05) is 0 Å². The van der Waals surface area contributed by atoms with E-state index in [1.165, 1.54) is 12.1 Å². The highest BCUT2D eigenvalue weighted by molar-refractivity contribution is 5.87. The number of nitrogens with one attached hydrogen (secondary N) is 1. The third-order valence-electron chi connectivity index (χ3n) is 3.63. The number of rotatable bonds is 5. The second-order valence-corrected chi connectivity index (χ2v) is 5.52. The molecule has 0 saturated carbocycles. The van der Waals surface area contributed by atoms with E-state index in [0.29, 0.717) is 24.5 Å². The summed E-state index contributed by atoms with van der Waals surface area (Å²) >= 11 is 0. The Morgan fingerprint density at radius 2 is 2.19 bits per heavy atom. The molecular weight excluding hydrogens is 346 g/mol. The summed E-state index contributed by atoms with van der Waals surface area (Å²) in [5.74, 6) is -0.491. The van der Waals surface area contributed by atoms with Crippen LogP contribution in [0.5, 0.6) is 5.75 Å². The first-order chi connectivity index (χ1) is 12.5. The molecule has 1 aromatic carbocycles. The molecule has 1 saturated heterocycles. The molecule has 1 fully saturated rings. The van der Waals surface area contributed by atoms with E-state index in [4.69, 9.17) is 29.9 Å². The Labute approximate surface area is 149 Å². The van der Waals surface area contributed by atoms with Crippen LogP contribution in [0.3, 0.4) is 0 Å². The molecule has 0 amide bonds.